The Labute approximate surface area is 212 Å². The van der Waals surface area contributed by atoms with Gasteiger partial charge in [0.2, 0.25) is 11.9 Å². The molecular formula is C24H34N9OS. The largest absolute Gasteiger partial charge is 0.378 e. The first-order valence-electron chi connectivity index (χ1n) is 12.1. The molecule has 2 fully saturated rings. The van der Waals surface area contributed by atoms with Crippen LogP contribution in [0.15, 0.2) is 12.4 Å². The number of rotatable bonds is 4. The molecule has 11 heteroatoms. The fourth-order valence-electron chi connectivity index (χ4n) is 5.08. The number of morpholine rings is 1. The zero-order valence-electron chi connectivity index (χ0n) is 20.8. The van der Waals surface area contributed by atoms with Gasteiger partial charge in [0.25, 0.3) is 0 Å². The first-order chi connectivity index (χ1) is 16.6. The predicted molar refractivity (Wildman–Crippen MR) is 141 cm³/mol. The minimum Gasteiger partial charge on any atom is -0.378 e. The lowest BCUT2D eigenvalue weighted by molar-refractivity contribution is 0.122. The van der Waals surface area contributed by atoms with Gasteiger partial charge in [0.05, 0.1) is 24.4 Å². The summed E-state index contributed by atoms with van der Waals surface area (Å²) in [6.45, 7) is 16.0. The second-order valence-corrected chi connectivity index (χ2v) is 10.9. The standard InChI is InChI=1S/C24H34N9OS/c1-23(2,3)30-22(35)32-8-6-24(4,15-32)33-7-5-17-18(16-13-26-20(25)27-14-16)28-21(29-19(17)33)31-9-11-34-12-10-31/h13-14H,1,5-12,15H2,2-4H3,(H,30,35)(H2,25,26,27)/t24-/m0/s1. The summed E-state index contributed by atoms with van der Waals surface area (Å²) in [6.07, 6.45) is 5.35. The molecule has 1 atom stereocenters. The quantitative estimate of drug-likeness (QED) is 0.603. The average Bonchev–Trinajstić information content (AvgIpc) is 3.43. The third-order valence-electron chi connectivity index (χ3n) is 6.89. The lowest BCUT2D eigenvalue weighted by Gasteiger charge is -2.38. The molecule has 3 aliphatic rings. The number of ether oxygens (including phenoxy) is 1. The van der Waals surface area contributed by atoms with Crippen LogP contribution in [0.5, 0.6) is 0 Å². The molecule has 10 nitrogen and oxygen atoms in total. The van der Waals surface area contributed by atoms with Crippen LogP contribution in [-0.4, -0.2) is 87.0 Å². The maximum absolute atomic E-state index is 5.75. The molecule has 3 N–H and O–H groups in total. The van der Waals surface area contributed by atoms with Crippen molar-refractivity contribution in [2.45, 2.75) is 44.7 Å². The Morgan fingerprint density at radius 2 is 1.89 bits per heavy atom. The van der Waals surface area contributed by atoms with E-state index >= 15 is 0 Å². The van der Waals surface area contributed by atoms with E-state index in [0.29, 0.717) is 13.2 Å². The molecule has 187 valence electrons. The summed E-state index contributed by atoms with van der Waals surface area (Å²) >= 11 is 5.71. The van der Waals surface area contributed by atoms with E-state index in [4.69, 9.17) is 32.7 Å². The summed E-state index contributed by atoms with van der Waals surface area (Å²) in [5.74, 6) is 1.97. The highest BCUT2D eigenvalue weighted by atomic mass is 32.1. The molecule has 0 saturated carbocycles. The summed E-state index contributed by atoms with van der Waals surface area (Å²) < 4.78 is 5.56. The van der Waals surface area contributed by atoms with Crippen molar-refractivity contribution in [1.29, 1.82) is 0 Å². The van der Waals surface area contributed by atoms with E-state index in [1.807, 2.05) is 13.8 Å². The van der Waals surface area contributed by atoms with Gasteiger partial charge in [-0.05, 0) is 52.8 Å². The second-order valence-electron chi connectivity index (χ2n) is 10.5. The molecule has 2 saturated heterocycles. The number of likely N-dealkylation sites (tertiary alicyclic amines) is 1. The number of nitrogens with two attached hydrogens (primary N) is 1. The van der Waals surface area contributed by atoms with Crippen LogP contribution in [0.4, 0.5) is 17.7 Å². The van der Waals surface area contributed by atoms with Crippen molar-refractivity contribution in [2.24, 2.45) is 0 Å². The van der Waals surface area contributed by atoms with Gasteiger partial charge in [-0.3, -0.25) is 0 Å². The van der Waals surface area contributed by atoms with Gasteiger partial charge in [-0.15, -0.1) is 0 Å². The van der Waals surface area contributed by atoms with Crippen molar-refractivity contribution in [3.63, 3.8) is 0 Å². The Kier molecular flexibility index (Phi) is 6.16. The highest BCUT2D eigenvalue weighted by Gasteiger charge is 2.44. The molecule has 0 unspecified atom stereocenters. The van der Waals surface area contributed by atoms with Crippen LogP contribution in [0.2, 0.25) is 0 Å². The van der Waals surface area contributed by atoms with Crippen molar-refractivity contribution < 1.29 is 4.74 Å². The van der Waals surface area contributed by atoms with Crippen molar-refractivity contribution in [3.05, 3.63) is 24.9 Å². The zero-order chi connectivity index (χ0) is 24.8. The van der Waals surface area contributed by atoms with E-state index < -0.39 is 0 Å². The number of hydrogen-bond acceptors (Lipinski definition) is 9. The number of nitrogens with zero attached hydrogens (tertiary/aromatic N) is 7. The average molecular weight is 497 g/mol. The van der Waals surface area contributed by atoms with Crippen LogP contribution in [0.3, 0.4) is 0 Å². The molecule has 35 heavy (non-hydrogen) atoms. The van der Waals surface area contributed by atoms with E-state index in [0.717, 1.165) is 79.3 Å². The van der Waals surface area contributed by atoms with Crippen LogP contribution in [0.1, 0.15) is 32.8 Å². The lowest BCUT2D eigenvalue weighted by atomic mass is 9.99. The minimum absolute atomic E-state index is 0.103. The van der Waals surface area contributed by atoms with E-state index in [9.17, 15) is 0 Å². The Balaban J connectivity index is 1.49. The fraction of sp³-hybridized carbons (Fsp3) is 0.583. The fourth-order valence-corrected chi connectivity index (χ4v) is 5.51. The Morgan fingerprint density at radius 1 is 1.17 bits per heavy atom. The summed E-state index contributed by atoms with van der Waals surface area (Å²) in [6, 6.07) is 0. The van der Waals surface area contributed by atoms with Gasteiger partial charge in [-0.2, -0.15) is 4.98 Å². The van der Waals surface area contributed by atoms with Crippen LogP contribution < -0.4 is 20.9 Å². The summed E-state index contributed by atoms with van der Waals surface area (Å²) in [7, 11) is 0. The molecule has 5 heterocycles. The van der Waals surface area contributed by atoms with E-state index in [1.54, 1.807) is 12.4 Å². The second kappa shape index (κ2) is 9.02. The summed E-state index contributed by atoms with van der Waals surface area (Å²) in [5.41, 5.74) is 8.21. The molecule has 1 radical (unpaired) electrons. The van der Waals surface area contributed by atoms with Gasteiger partial charge in [-0.1, -0.05) is 0 Å². The Hall–Kier alpha value is -2.79. The third-order valence-corrected chi connectivity index (χ3v) is 7.25. The molecule has 0 bridgehead atoms. The first-order valence-corrected chi connectivity index (χ1v) is 12.6. The topological polar surface area (TPSA) is 109 Å². The van der Waals surface area contributed by atoms with Crippen LogP contribution in [0.25, 0.3) is 11.3 Å². The molecule has 3 aliphatic heterocycles. The van der Waals surface area contributed by atoms with Gasteiger partial charge >= 0.3 is 0 Å². The lowest BCUT2D eigenvalue weighted by Crippen LogP contribution is -2.52. The maximum Gasteiger partial charge on any atom is 0.228 e. The smallest absolute Gasteiger partial charge is 0.228 e. The Morgan fingerprint density at radius 3 is 2.57 bits per heavy atom. The maximum atomic E-state index is 5.75. The van der Waals surface area contributed by atoms with Gasteiger partial charge in [-0.25, -0.2) is 15.0 Å². The van der Waals surface area contributed by atoms with Crippen molar-refractivity contribution in [1.82, 2.24) is 30.2 Å². The monoisotopic (exact) mass is 496 g/mol. The third kappa shape index (κ3) is 4.84. The van der Waals surface area contributed by atoms with Crippen LogP contribution in [-0.2, 0) is 11.2 Å². The van der Waals surface area contributed by atoms with E-state index in [2.05, 4.69) is 43.8 Å². The number of nitrogen functional groups attached to an aromatic ring is 1. The van der Waals surface area contributed by atoms with Crippen LogP contribution >= 0.6 is 12.2 Å². The molecule has 0 amide bonds. The Bertz CT molecular complexity index is 1100. The normalized spacial score (nSPS) is 22.5. The van der Waals surface area contributed by atoms with Crippen molar-refractivity contribution >= 4 is 35.0 Å². The molecule has 0 aliphatic carbocycles. The number of thiocarbonyl (C=S) groups is 1. The minimum atomic E-state index is -0.313. The molecular weight excluding hydrogens is 462 g/mol. The number of hydrogen-bond donors (Lipinski definition) is 2. The molecule has 0 spiro atoms. The number of anilines is 3. The first kappa shape index (κ1) is 23.9. The number of aromatic nitrogens is 4. The van der Waals surface area contributed by atoms with Gasteiger partial charge in [0.1, 0.15) is 5.82 Å². The number of nitrogens with one attached hydrogen (secondary N) is 1. The molecule has 5 rings (SSSR count). The highest BCUT2D eigenvalue weighted by Crippen LogP contribution is 2.41. The van der Waals surface area contributed by atoms with Gasteiger partial charge < -0.3 is 30.5 Å². The zero-order valence-corrected chi connectivity index (χ0v) is 21.6. The SMILES string of the molecule is [CH2]C(C)(C)NC(=S)N1CC[C@](C)(N2CCc3c(-c4cnc(N)nc4)nc(N4CCOCC4)nc32)C1. The van der Waals surface area contributed by atoms with E-state index in [-0.39, 0.29) is 17.0 Å². The molecule has 2 aromatic heterocycles. The summed E-state index contributed by atoms with van der Waals surface area (Å²) in [5, 5.41) is 4.11. The highest BCUT2D eigenvalue weighted by molar-refractivity contribution is 7.80. The number of fused-ring (bicyclic) bond motifs is 1. The van der Waals surface area contributed by atoms with E-state index in [1.165, 1.54) is 0 Å². The van der Waals surface area contributed by atoms with Crippen molar-refractivity contribution in [2.75, 3.05) is 61.5 Å². The van der Waals surface area contributed by atoms with Gasteiger partial charge in [0, 0.05) is 61.8 Å². The predicted octanol–water partition coefficient (Wildman–Crippen LogP) is 1.67. The van der Waals surface area contributed by atoms with Crippen molar-refractivity contribution in [3.8, 4) is 11.3 Å². The summed E-state index contributed by atoms with van der Waals surface area (Å²) in [4.78, 5) is 25.5. The van der Waals surface area contributed by atoms with Crippen LogP contribution in [0, 0.1) is 6.92 Å². The molecule has 2 aromatic rings. The van der Waals surface area contributed by atoms with Gasteiger partial charge in [0.15, 0.2) is 5.11 Å². The molecule has 0 aromatic carbocycles.